The topological polar surface area (TPSA) is 3.24 Å². The highest BCUT2D eigenvalue weighted by Crippen LogP contribution is 2.05. The fraction of sp³-hybridized carbons (Fsp3) is 0.467. The van der Waals surface area contributed by atoms with Gasteiger partial charge >= 0.3 is 0 Å². The van der Waals surface area contributed by atoms with Crippen LogP contribution in [0.3, 0.4) is 0 Å². The van der Waals surface area contributed by atoms with E-state index in [0.29, 0.717) is 0 Å². The molecule has 1 aromatic carbocycles. The first-order valence-corrected chi connectivity index (χ1v) is 6.23. The van der Waals surface area contributed by atoms with Crippen molar-refractivity contribution in [3.05, 3.63) is 48.2 Å². The summed E-state index contributed by atoms with van der Waals surface area (Å²) in [5.74, 6) is 0. The lowest BCUT2D eigenvalue weighted by Gasteiger charge is -2.11. The molecule has 0 fully saturated rings. The van der Waals surface area contributed by atoms with E-state index in [-0.39, 0.29) is 0 Å². The van der Waals surface area contributed by atoms with Gasteiger partial charge in [0.15, 0.2) is 0 Å². The molecule has 88 valence electrons. The predicted molar refractivity (Wildman–Crippen MR) is 71.4 cm³/mol. The number of unbranched alkanes of at least 4 members (excludes halogenated alkanes) is 1. The summed E-state index contributed by atoms with van der Waals surface area (Å²) < 4.78 is 0. The van der Waals surface area contributed by atoms with E-state index in [1.165, 1.54) is 31.2 Å². The van der Waals surface area contributed by atoms with E-state index in [0.717, 1.165) is 6.54 Å². The van der Waals surface area contributed by atoms with Gasteiger partial charge in [0.25, 0.3) is 0 Å². The molecule has 0 amide bonds. The summed E-state index contributed by atoms with van der Waals surface area (Å²) in [7, 11) is 2.14. The Morgan fingerprint density at radius 2 is 1.94 bits per heavy atom. The van der Waals surface area contributed by atoms with Gasteiger partial charge in [0.1, 0.15) is 0 Å². The summed E-state index contributed by atoms with van der Waals surface area (Å²) >= 11 is 0. The van der Waals surface area contributed by atoms with Crippen LogP contribution in [0.5, 0.6) is 0 Å². The van der Waals surface area contributed by atoms with Crippen LogP contribution >= 0.6 is 0 Å². The monoisotopic (exact) mass is 217 g/mol. The summed E-state index contributed by atoms with van der Waals surface area (Å²) in [6.07, 6.45) is 9.28. The Kier molecular flexibility index (Phi) is 6.39. The zero-order valence-corrected chi connectivity index (χ0v) is 10.5. The van der Waals surface area contributed by atoms with Gasteiger partial charge in [-0.2, -0.15) is 0 Å². The molecule has 0 saturated carbocycles. The van der Waals surface area contributed by atoms with E-state index in [4.69, 9.17) is 0 Å². The Morgan fingerprint density at radius 3 is 2.62 bits per heavy atom. The number of nitrogens with zero attached hydrogens (tertiary/aromatic N) is 1. The van der Waals surface area contributed by atoms with Crippen molar-refractivity contribution in [3.63, 3.8) is 0 Å². The number of benzene rings is 1. The van der Waals surface area contributed by atoms with Gasteiger partial charge in [-0.1, -0.05) is 43.3 Å². The van der Waals surface area contributed by atoms with Crippen molar-refractivity contribution < 1.29 is 0 Å². The third-order valence-corrected chi connectivity index (χ3v) is 2.62. The van der Waals surface area contributed by atoms with Gasteiger partial charge in [-0.15, -0.1) is 0 Å². The third kappa shape index (κ3) is 5.59. The molecule has 0 unspecified atom stereocenters. The molecule has 1 heteroatoms. The number of aryl methyl sites for hydroxylation is 1. The van der Waals surface area contributed by atoms with Crippen LogP contribution in [-0.2, 0) is 6.42 Å². The van der Waals surface area contributed by atoms with E-state index < -0.39 is 0 Å². The van der Waals surface area contributed by atoms with Crippen LogP contribution in [0.4, 0.5) is 0 Å². The predicted octanol–water partition coefficient (Wildman–Crippen LogP) is 3.86. The second kappa shape index (κ2) is 7.98. The van der Waals surface area contributed by atoms with Gasteiger partial charge in [0.2, 0.25) is 0 Å². The molecule has 0 bridgehead atoms. The van der Waals surface area contributed by atoms with Crippen LogP contribution in [0.25, 0.3) is 0 Å². The van der Waals surface area contributed by atoms with Crippen molar-refractivity contribution in [1.29, 1.82) is 0 Å². The molecule has 0 atom stereocenters. The molecular weight excluding hydrogens is 194 g/mol. The van der Waals surface area contributed by atoms with Crippen molar-refractivity contribution in [2.24, 2.45) is 0 Å². The highest BCUT2D eigenvalue weighted by atomic mass is 15.1. The lowest BCUT2D eigenvalue weighted by molar-refractivity contribution is 0.452. The summed E-state index contributed by atoms with van der Waals surface area (Å²) in [6, 6.07) is 10.7. The molecule has 1 aromatic rings. The average molecular weight is 217 g/mol. The van der Waals surface area contributed by atoms with Crippen molar-refractivity contribution in [3.8, 4) is 0 Å². The molecule has 0 aliphatic rings. The number of hydrogen-bond acceptors (Lipinski definition) is 1. The first kappa shape index (κ1) is 12.8. The average Bonchev–Trinajstić information content (AvgIpc) is 2.30. The summed E-state index contributed by atoms with van der Waals surface area (Å²) in [5.41, 5.74) is 1.44. The summed E-state index contributed by atoms with van der Waals surface area (Å²) in [4.78, 5) is 2.25. The molecule has 16 heavy (non-hydrogen) atoms. The maximum atomic E-state index is 2.28. The van der Waals surface area contributed by atoms with Gasteiger partial charge < -0.3 is 4.90 Å². The van der Waals surface area contributed by atoms with Crippen LogP contribution in [0.15, 0.2) is 42.6 Å². The largest absolute Gasteiger partial charge is 0.381 e. The molecule has 0 radical (unpaired) electrons. The molecule has 0 aliphatic carbocycles. The Bertz CT molecular complexity index is 290. The second-order valence-corrected chi connectivity index (χ2v) is 4.24. The van der Waals surface area contributed by atoms with Crippen molar-refractivity contribution in [1.82, 2.24) is 4.90 Å². The van der Waals surface area contributed by atoms with E-state index in [1.54, 1.807) is 0 Å². The molecule has 0 aromatic heterocycles. The minimum atomic E-state index is 1.15. The Balaban J connectivity index is 2.12. The van der Waals surface area contributed by atoms with Crippen molar-refractivity contribution in [2.75, 3.05) is 13.6 Å². The minimum Gasteiger partial charge on any atom is -0.381 e. The Labute approximate surface area is 99.8 Å². The molecule has 0 heterocycles. The molecule has 1 rings (SSSR count). The fourth-order valence-corrected chi connectivity index (χ4v) is 1.75. The molecule has 0 spiro atoms. The maximum absolute atomic E-state index is 2.28. The van der Waals surface area contributed by atoms with E-state index in [1.807, 2.05) is 0 Å². The SMILES string of the molecule is CCCN(C)/C=C\CCCc1ccccc1. The summed E-state index contributed by atoms with van der Waals surface area (Å²) in [6.45, 7) is 3.36. The molecule has 0 saturated heterocycles. The van der Waals surface area contributed by atoms with Crippen molar-refractivity contribution in [2.45, 2.75) is 32.6 Å². The molecular formula is C15H23N. The number of rotatable bonds is 7. The standard InChI is InChI=1S/C15H23N/c1-3-13-16(2)14-9-5-8-12-15-10-6-4-7-11-15/h4,6-7,9-11,14H,3,5,8,12-13H2,1-2H3/b14-9-. The Hall–Kier alpha value is -1.24. The van der Waals surface area contributed by atoms with Crippen LogP contribution in [0, 0.1) is 0 Å². The quantitative estimate of drug-likeness (QED) is 0.627. The minimum absolute atomic E-state index is 1.15. The maximum Gasteiger partial charge on any atom is 0.0166 e. The second-order valence-electron chi connectivity index (χ2n) is 4.24. The lowest BCUT2D eigenvalue weighted by atomic mass is 10.1. The van der Waals surface area contributed by atoms with Gasteiger partial charge in [0, 0.05) is 13.6 Å². The van der Waals surface area contributed by atoms with Crippen molar-refractivity contribution >= 4 is 0 Å². The van der Waals surface area contributed by atoms with E-state index in [9.17, 15) is 0 Å². The zero-order chi connectivity index (χ0) is 11.6. The Morgan fingerprint density at radius 1 is 1.19 bits per heavy atom. The van der Waals surface area contributed by atoms with Gasteiger partial charge in [-0.25, -0.2) is 0 Å². The highest BCUT2D eigenvalue weighted by Gasteiger charge is 1.90. The number of allylic oxidation sites excluding steroid dienone is 1. The first-order valence-electron chi connectivity index (χ1n) is 6.23. The van der Waals surface area contributed by atoms with Gasteiger partial charge in [0.05, 0.1) is 0 Å². The van der Waals surface area contributed by atoms with Crippen LogP contribution < -0.4 is 0 Å². The van der Waals surface area contributed by atoms with E-state index >= 15 is 0 Å². The first-order chi connectivity index (χ1) is 7.83. The smallest absolute Gasteiger partial charge is 0.0166 e. The number of hydrogen-bond donors (Lipinski definition) is 0. The molecule has 1 nitrogen and oxygen atoms in total. The third-order valence-electron chi connectivity index (χ3n) is 2.62. The molecule has 0 N–H and O–H groups in total. The van der Waals surface area contributed by atoms with Crippen LogP contribution in [0.2, 0.25) is 0 Å². The zero-order valence-electron chi connectivity index (χ0n) is 10.5. The van der Waals surface area contributed by atoms with Gasteiger partial charge in [-0.05, 0) is 37.4 Å². The van der Waals surface area contributed by atoms with E-state index in [2.05, 4.69) is 61.5 Å². The van der Waals surface area contributed by atoms with Crippen LogP contribution in [0.1, 0.15) is 31.7 Å². The van der Waals surface area contributed by atoms with Crippen LogP contribution in [-0.4, -0.2) is 18.5 Å². The molecule has 0 aliphatic heterocycles. The highest BCUT2D eigenvalue weighted by molar-refractivity contribution is 5.14. The summed E-state index contributed by atoms with van der Waals surface area (Å²) in [5, 5.41) is 0. The van der Waals surface area contributed by atoms with Gasteiger partial charge in [-0.3, -0.25) is 0 Å². The lowest BCUT2D eigenvalue weighted by Crippen LogP contribution is -2.10. The fourth-order valence-electron chi connectivity index (χ4n) is 1.75. The normalized spacial score (nSPS) is 10.9.